The minimum Gasteiger partial charge on any atom is -0.345 e. The Morgan fingerprint density at radius 3 is 2.32 bits per heavy atom. The van der Waals surface area contributed by atoms with E-state index >= 15 is 0 Å². The number of carbonyl (C=O) groups excluding carboxylic acids is 3. The smallest absolute Gasteiger partial charge is 0.327 e. The second kappa shape index (κ2) is 7.98. The van der Waals surface area contributed by atoms with E-state index in [1.54, 1.807) is 24.3 Å². The molecule has 9 nitrogen and oxygen atoms in total. The Morgan fingerprint density at radius 1 is 1.00 bits per heavy atom. The Morgan fingerprint density at radius 2 is 1.68 bits per heavy atom. The number of amides is 3. The maximum atomic E-state index is 12.6. The first-order valence-electron chi connectivity index (χ1n) is 8.34. The molecule has 1 saturated carbocycles. The van der Waals surface area contributed by atoms with Crippen LogP contribution in [0.25, 0.3) is 0 Å². The molecule has 0 radical (unpaired) electrons. The fourth-order valence-electron chi connectivity index (χ4n) is 2.21. The summed E-state index contributed by atoms with van der Waals surface area (Å²) in [6.45, 7) is 1.87. The van der Waals surface area contributed by atoms with E-state index in [-0.39, 0.29) is 15.8 Å². The molecule has 1 aliphatic rings. The van der Waals surface area contributed by atoms with E-state index in [2.05, 4.69) is 15.5 Å². The van der Waals surface area contributed by atoms with Gasteiger partial charge in [0, 0.05) is 11.7 Å². The van der Waals surface area contributed by atoms with Crippen LogP contribution in [0.5, 0.6) is 0 Å². The molecule has 148 valence electrons. The monoisotopic (exact) mass is 422 g/mol. The predicted molar refractivity (Wildman–Crippen MR) is 103 cm³/mol. The number of sulfonamides is 1. The van der Waals surface area contributed by atoms with E-state index in [0.717, 1.165) is 29.7 Å². The van der Waals surface area contributed by atoms with Crippen LogP contribution in [-0.2, 0) is 19.6 Å². The third-order valence-electron chi connectivity index (χ3n) is 3.84. The normalized spacial score (nSPS) is 13.5. The molecule has 2 aromatic rings. The SMILES string of the molecule is Cc1ccc(NS(=O)(=O)c2ccsc2C(=O)NNC(=O)C(=O)NC2CC2)cc1. The molecule has 4 N–H and O–H groups in total. The Bertz CT molecular complexity index is 1010. The van der Waals surface area contributed by atoms with Crippen molar-refractivity contribution in [1.29, 1.82) is 0 Å². The summed E-state index contributed by atoms with van der Waals surface area (Å²) in [7, 11) is -4.01. The van der Waals surface area contributed by atoms with Crippen LogP contribution in [0.15, 0.2) is 40.6 Å². The van der Waals surface area contributed by atoms with E-state index in [9.17, 15) is 22.8 Å². The third kappa shape index (κ3) is 4.87. The zero-order valence-corrected chi connectivity index (χ0v) is 16.4. The molecule has 1 fully saturated rings. The summed E-state index contributed by atoms with van der Waals surface area (Å²) in [6.07, 6.45) is 1.63. The average Bonchev–Trinajstić information content (AvgIpc) is 3.31. The van der Waals surface area contributed by atoms with Crippen LogP contribution in [0.2, 0.25) is 0 Å². The second-order valence-electron chi connectivity index (χ2n) is 6.24. The maximum absolute atomic E-state index is 12.6. The molecule has 1 aromatic carbocycles. The molecular weight excluding hydrogens is 404 g/mol. The third-order valence-corrected chi connectivity index (χ3v) is 6.30. The number of hydrogen-bond acceptors (Lipinski definition) is 6. The molecular formula is C17H18N4O5S2. The summed E-state index contributed by atoms with van der Waals surface area (Å²) in [5.41, 5.74) is 5.37. The lowest BCUT2D eigenvalue weighted by Crippen LogP contribution is -2.49. The lowest BCUT2D eigenvalue weighted by Gasteiger charge is -2.10. The van der Waals surface area contributed by atoms with E-state index in [4.69, 9.17) is 0 Å². The van der Waals surface area contributed by atoms with Crippen LogP contribution in [-0.4, -0.2) is 32.2 Å². The highest BCUT2D eigenvalue weighted by atomic mass is 32.2. The van der Waals surface area contributed by atoms with Gasteiger partial charge in [0.2, 0.25) is 0 Å². The van der Waals surface area contributed by atoms with Crippen molar-refractivity contribution in [3.05, 3.63) is 46.2 Å². The summed E-state index contributed by atoms with van der Waals surface area (Å²) in [5, 5.41) is 3.92. The van der Waals surface area contributed by atoms with E-state index < -0.39 is 27.7 Å². The number of hydrogen-bond donors (Lipinski definition) is 4. The molecule has 1 heterocycles. The van der Waals surface area contributed by atoms with Crippen molar-refractivity contribution >= 4 is 44.8 Å². The Kier molecular flexibility index (Phi) is 5.66. The Balaban J connectivity index is 1.66. The van der Waals surface area contributed by atoms with Crippen LogP contribution in [0.4, 0.5) is 5.69 Å². The lowest BCUT2D eigenvalue weighted by molar-refractivity contribution is -0.139. The van der Waals surface area contributed by atoms with Crippen molar-refractivity contribution in [3.8, 4) is 0 Å². The van der Waals surface area contributed by atoms with E-state index in [0.29, 0.717) is 5.69 Å². The lowest BCUT2D eigenvalue weighted by atomic mass is 10.2. The summed E-state index contributed by atoms with van der Waals surface area (Å²) in [5.74, 6) is -2.73. The fourth-order valence-corrected chi connectivity index (χ4v) is 4.59. The number of thiophene rings is 1. The molecule has 11 heteroatoms. The van der Waals surface area contributed by atoms with E-state index in [1.165, 1.54) is 11.4 Å². The van der Waals surface area contributed by atoms with E-state index in [1.807, 2.05) is 12.3 Å². The van der Waals surface area contributed by atoms with Gasteiger partial charge in [0.1, 0.15) is 9.77 Å². The van der Waals surface area contributed by atoms with Gasteiger partial charge in [-0.2, -0.15) is 0 Å². The standard InChI is InChI=1S/C17H18N4O5S2/c1-10-2-4-12(5-3-10)21-28(25,26)13-8-9-27-14(13)15(22)19-20-17(24)16(23)18-11-6-7-11/h2-5,8-9,11,21H,6-7H2,1H3,(H,18,23)(H,19,22)(H,20,24). The van der Waals surface area contributed by atoms with Gasteiger partial charge in [0.25, 0.3) is 15.9 Å². The Labute approximate surface area is 165 Å². The van der Waals surface area contributed by atoms with Crippen LogP contribution >= 0.6 is 11.3 Å². The molecule has 1 aromatic heterocycles. The molecule has 28 heavy (non-hydrogen) atoms. The van der Waals surface area contributed by atoms with Crippen LogP contribution in [0.3, 0.4) is 0 Å². The molecule has 0 unspecified atom stereocenters. The minimum absolute atomic E-state index is 0.00385. The fraction of sp³-hybridized carbons (Fsp3) is 0.235. The highest BCUT2D eigenvalue weighted by Crippen LogP contribution is 2.24. The summed E-state index contributed by atoms with van der Waals surface area (Å²) < 4.78 is 27.6. The molecule has 0 spiro atoms. The first kappa shape index (κ1) is 19.8. The van der Waals surface area contributed by atoms with Gasteiger partial charge in [0.05, 0.1) is 0 Å². The summed E-state index contributed by atoms with van der Waals surface area (Å²) >= 11 is 0.895. The largest absolute Gasteiger partial charge is 0.345 e. The number of aryl methyl sites for hydroxylation is 1. The van der Waals surface area contributed by atoms with Crippen molar-refractivity contribution in [2.45, 2.75) is 30.7 Å². The number of hydrazine groups is 1. The van der Waals surface area contributed by atoms with Gasteiger partial charge in [-0.1, -0.05) is 17.7 Å². The molecule has 0 aliphatic heterocycles. The Hall–Kier alpha value is -2.92. The zero-order valence-electron chi connectivity index (χ0n) is 14.8. The van der Waals surface area contributed by atoms with Crippen molar-refractivity contribution < 1.29 is 22.8 Å². The van der Waals surface area contributed by atoms with Gasteiger partial charge in [-0.25, -0.2) is 8.42 Å². The maximum Gasteiger partial charge on any atom is 0.327 e. The number of anilines is 1. The molecule has 0 bridgehead atoms. The number of rotatable bonds is 5. The van der Waals surface area contributed by atoms with Gasteiger partial charge in [-0.3, -0.25) is 30.0 Å². The van der Waals surface area contributed by atoms with Gasteiger partial charge in [0.15, 0.2) is 0 Å². The van der Waals surface area contributed by atoms with Crippen molar-refractivity contribution in [2.75, 3.05) is 4.72 Å². The van der Waals surface area contributed by atoms with Gasteiger partial charge in [-0.05, 0) is 43.3 Å². The molecule has 1 aliphatic carbocycles. The number of carbonyl (C=O) groups is 3. The summed E-state index contributed by atoms with van der Waals surface area (Å²) in [6, 6.07) is 8.01. The van der Waals surface area contributed by atoms with Gasteiger partial charge >= 0.3 is 11.8 Å². The number of benzene rings is 1. The van der Waals surface area contributed by atoms with Crippen molar-refractivity contribution in [2.24, 2.45) is 0 Å². The first-order chi connectivity index (χ1) is 13.3. The molecule has 3 rings (SSSR count). The minimum atomic E-state index is -4.01. The second-order valence-corrected chi connectivity index (χ2v) is 8.81. The quantitative estimate of drug-likeness (QED) is 0.420. The van der Waals surface area contributed by atoms with Crippen LogP contribution < -0.4 is 20.9 Å². The predicted octanol–water partition coefficient (Wildman–Crippen LogP) is 0.897. The zero-order chi connectivity index (χ0) is 20.3. The topological polar surface area (TPSA) is 133 Å². The highest BCUT2D eigenvalue weighted by Gasteiger charge is 2.28. The highest BCUT2D eigenvalue weighted by molar-refractivity contribution is 7.93. The average molecular weight is 422 g/mol. The molecule has 0 saturated heterocycles. The van der Waals surface area contributed by atoms with Gasteiger partial charge in [-0.15, -0.1) is 11.3 Å². The molecule has 3 amide bonds. The van der Waals surface area contributed by atoms with Crippen molar-refractivity contribution in [1.82, 2.24) is 16.2 Å². The summed E-state index contributed by atoms with van der Waals surface area (Å²) in [4.78, 5) is 35.2. The van der Waals surface area contributed by atoms with Gasteiger partial charge < -0.3 is 5.32 Å². The molecule has 0 atom stereocenters. The number of nitrogens with one attached hydrogen (secondary N) is 4. The van der Waals surface area contributed by atoms with Crippen molar-refractivity contribution in [3.63, 3.8) is 0 Å². The van der Waals surface area contributed by atoms with Crippen LogP contribution in [0, 0.1) is 6.92 Å². The van der Waals surface area contributed by atoms with Crippen LogP contribution in [0.1, 0.15) is 28.1 Å². The first-order valence-corrected chi connectivity index (χ1v) is 10.7.